The molecule has 0 aliphatic heterocycles. The lowest BCUT2D eigenvalue weighted by molar-refractivity contribution is -0.137. The first-order chi connectivity index (χ1) is 14.1. The number of carbonyl (C=O) groups is 1. The topological polar surface area (TPSA) is 87.2 Å². The second kappa shape index (κ2) is 10.3. The van der Waals surface area contributed by atoms with Gasteiger partial charge in [-0.15, -0.1) is 0 Å². The van der Waals surface area contributed by atoms with Crippen LogP contribution in [0.2, 0.25) is 0 Å². The summed E-state index contributed by atoms with van der Waals surface area (Å²) in [7, 11) is 0. The summed E-state index contributed by atoms with van der Waals surface area (Å²) in [5.74, 6) is 0.0911. The Morgan fingerprint density at radius 2 is 1.93 bits per heavy atom. The third-order valence-electron chi connectivity index (χ3n) is 4.55. The van der Waals surface area contributed by atoms with Crippen molar-refractivity contribution in [3.63, 3.8) is 0 Å². The molecule has 6 nitrogen and oxygen atoms in total. The molecular formula is C22H24FN3O3. The molecular weight excluding hydrogens is 373 g/mol. The zero-order valence-corrected chi connectivity index (χ0v) is 16.0. The van der Waals surface area contributed by atoms with E-state index in [1.807, 2.05) is 24.3 Å². The van der Waals surface area contributed by atoms with Crippen LogP contribution in [0.3, 0.4) is 0 Å². The molecule has 0 saturated carbocycles. The molecule has 3 N–H and O–H groups in total. The van der Waals surface area contributed by atoms with Crippen molar-refractivity contribution in [1.29, 1.82) is 0 Å². The van der Waals surface area contributed by atoms with Crippen molar-refractivity contribution < 1.29 is 19.0 Å². The van der Waals surface area contributed by atoms with Crippen molar-refractivity contribution in [2.75, 3.05) is 18.5 Å². The quantitative estimate of drug-likeness (QED) is 0.422. The number of aliphatic carboxylic acids is 1. The van der Waals surface area contributed by atoms with Crippen molar-refractivity contribution in [3.05, 3.63) is 77.9 Å². The molecule has 1 unspecified atom stereocenters. The monoisotopic (exact) mass is 397 g/mol. The number of benzene rings is 2. The summed E-state index contributed by atoms with van der Waals surface area (Å²) in [5, 5.41) is 12.4. The summed E-state index contributed by atoms with van der Waals surface area (Å²) < 4.78 is 18.9. The van der Waals surface area contributed by atoms with E-state index in [2.05, 4.69) is 15.3 Å². The molecule has 3 rings (SSSR count). The Morgan fingerprint density at radius 1 is 1.17 bits per heavy atom. The van der Waals surface area contributed by atoms with Crippen molar-refractivity contribution in [2.45, 2.75) is 25.2 Å². The Morgan fingerprint density at radius 3 is 2.59 bits per heavy atom. The van der Waals surface area contributed by atoms with Crippen molar-refractivity contribution in [2.24, 2.45) is 0 Å². The van der Waals surface area contributed by atoms with Gasteiger partial charge in [0.2, 0.25) is 0 Å². The number of H-pyrrole nitrogens is 1. The molecule has 0 saturated heterocycles. The van der Waals surface area contributed by atoms with E-state index in [4.69, 9.17) is 4.74 Å². The van der Waals surface area contributed by atoms with E-state index < -0.39 is 5.97 Å². The van der Waals surface area contributed by atoms with Gasteiger partial charge >= 0.3 is 5.97 Å². The van der Waals surface area contributed by atoms with Gasteiger partial charge < -0.3 is 20.1 Å². The fourth-order valence-electron chi connectivity index (χ4n) is 3.09. The Kier molecular flexibility index (Phi) is 7.22. The van der Waals surface area contributed by atoms with E-state index in [9.17, 15) is 14.3 Å². The Labute approximate surface area is 168 Å². The average molecular weight is 397 g/mol. The van der Waals surface area contributed by atoms with Crippen LogP contribution >= 0.6 is 0 Å². The number of carboxylic acid groups (broad SMARTS) is 1. The fourth-order valence-corrected chi connectivity index (χ4v) is 3.09. The molecule has 3 aromatic rings. The van der Waals surface area contributed by atoms with Gasteiger partial charge in [0.25, 0.3) is 0 Å². The van der Waals surface area contributed by atoms with Gasteiger partial charge in [-0.3, -0.25) is 4.79 Å². The van der Waals surface area contributed by atoms with Crippen molar-refractivity contribution >= 4 is 11.9 Å². The minimum atomic E-state index is -0.873. The lowest BCUT2D eigenvalue weighted by atomic mass is 9.89. The van der Waals surface area contributed by atoms with E-state index in [1.165, 1.54) is 12.1 Å². The minimum Gasteiger partial charge on any atom is -0.494 e. The number of aromatic amines is 1. The number of anilines is 1. The Hall–Kier alpha value is -3.35. The van der Waals surface area contributed by atoms with Crippen LogP contribution in [0.1, 0.15) is 29.9 Å². The van der Waals surface area contributed by atoms with E-state index >= 15 is 0 Å². The number of halogens is 1. The summed E-state index contributed by atoms with van der Waals surface area (Å²) in [6.45, 7) is 1.32. The van der Waals surface area contributed by atoms with Crippen LogP contribution in [0, 0.1) is 5.82 Å². The molecule has 152 valence electrons. The minimum absolute atomic E-state index is 0.00739. The summed E-state index contributed by atoms with van der Waals surface area (Å²) in [6.07, 6.45) is 4.83. The highest BCUT2D eigenvalue weighted by atomic mass is 19.1. The maximum atomic E-state index is 13.2. The molecule has 1 heterocycles. The van der Waals surface area contributed by atoms with Crippen LogP contribution in [0.15, 0.2) is 60.9 Å². The number of rotatable bonds is 11. The smallest absolute Gasteiger partial charge is 0.303 e. The highest BCUT2D eigenvalue weighted by Gasteiger charge is 2.16. The third-order valence-corrected chi connectivity index (χ3v) is 4.55. The molecule has 0 fully saturated rings. The number of aromatic nitrogens is 2. The van der Waals surface area contributed by atoms with E-state index in [0.29, 0.717) is 13.0 Å². The van der Waals surface area contributed by atoms with Crippen LogP contribution in [0.4, 0.5) is 10.3 Å². The van der Waals surface area contributed by atoms with Crippen molar-refractivity contribution in [1.82, 2.24) is 9.97 Å². The lowest BCUT2D eigenvalue weighted by Gasteiger charge is -2.16. The number of ether oxygens (including phenoxy) is 1. The van der Waals surface area contributed by atoms with Crippen LogP contribution in [0.5, 0.6) is 5.75 Å². The number of carboxylic acids is 1. The summed E-state index contributed by atoms with van der Waals surface area (Å²) in [6, 6.07) is 13.7. The van der Waals surface area contributed by atoms with E-state index in [1.54, 1.807) is 24.5 Å². The number of hydrogen-bond acceptors (Lipinski definition) is 4. The van der Waals surface area contributed by atoms with Gasteiger partial charge in [0.15, 0.2) is 5.95 Å². The van der Waals surface area contributed by atoms with Gasteiger partial charge in [-0.1, -0.05) is 24.3 Å². The molecule has 2 aromatic carbocycles. The number of hydrogen-bond donors (Lipinski definition) is 3. The summed E-state index contributed by atoms with van der Waals surface area (Å²) >= 11 is 0. The Bertz CT molecular complexity index is 881. The first-order valence-corrected chi connectivity index (χ1v) is 9.52. The van der Waals surface area contributed by atoms with Crippen molar-refractivity contribution in [3.8, 4) is 5.75 Å². The maximum absolute atomic E-state index is 13.2. The molecule has 0 spiro atoms. The molecule has 1 atom stereocenters. The number of imidazole rings is 1. The second-order valence-corrected chi connectivity index (χ2v) is 6.76. The highest BCUT2D eigenvalue weighted by molar-refractivity contribution is 5.68. The predicted molar refractivity (Wildman–Crippen MR) is 109 cm³/mol. The largest absolute Gasteiger partial charge is 0.494 e. The van der Waals surface area contributed by atoms with Crippen LogP contribution in [-0.2, 0) is 11.2 Å². The number of nitrogens with zero attached hydrogens (tertiary/aromatic N) is 1. The molecule has 7 heteroatoms. The van der Waals surface area contributed by atoms with Gasteiger partial charge in [-0.2, -0.15) is 0 Å². The molecule has 0 bridgehead atoms. The molecule has 0 aliphatic carbocycles. The normalized spacial score (nSPS) is 11.8. The average Bonchev–Trinajstić information content (AvgIpc) is 3.22. The van der Waals surface area contributed by atoms with E-state index in [-0.39, 0.29) is 18.2 Å². The highest BCUT2D eigenvalue weighted by Crippen LogP contribution is 2.26. The second-order valence-electron chi connectivity index (χ2n) is 6.76. The van der Waals surface area contributed by atoms with E-state index in [0.717, 1.165) is 35.8 Å². The molecule has 1 aromatic heterocycles. The maximum Gasteiger partial charge on any atom is 0.303 e. The van der Waals surface area contributed by atoms with Crippen LogP contribution < -0.4 is 10.1 Å². The standard InChI is InChI=1S/C22H24FN3O3/c23-19-6-4-17(5-7-19)18(15-21(27)28)14-16-2-8-20(9-3-16)29-13-1-10-24-22-25-11-12-26-22/h2-9,11-12,18H,1,10,13-15H2,(H,27,28)(H2,24,25,26). The van der Waals surface area contributed by atoms with Gasteiger partial charge in [-0.05, 0) is 54.2 Å². The lowest BCUT2D eigenvalue weighted by Crippen LogP contribution is -2.10. The number of nitrogens with one attached hydrogen (secondary N) is 2. The van der Waals surface area contributed by atoms with Gasteiger partial charge in [0.05, 0.1) is 13.0 Å². The van der Waals surface area contributed by atoms with Gasteiger partial charge in [0, 0.05) is 18.9 Å². The zero-order valence-electron chi connectivity index (χ0n) is 16.0. The fraction of sp³-hybridized carbons (Fsp3) is 0.273. The molecule has 0 aliphatic rings. The van der Waals surface area contributed by atoms with Gasteiger partial charge in [-0.25, -0.2) is 9.37 Å². The first-order valence-electron chi connectivity index (χ1n) is 9.52. The Balaban J connectivity index is 1.49. The SMILES string of the molecule is O=C(O)CC(Cc1ccc(OCCCNc2ncc[nH]2)cc1)c1ccc(F)cc1. The van der Waals surface area contributed by atoms with Crippen LogP contribution in [0.25, 0.3) is 0 Å². The molecule has 29 heavy (non-hydrogen) atoms. The zero-order chi connectivity index (χ0) is 20.5. The molecule has 0 radical (unpaired) electrons. The van der Waals surface area contributed by atoms with Gasteiger partial charge in [0.1, 0.15) is 11.6 Å². The molecule has 0 amide bonds. The summed E-state index contributed by atoms with van der Waals surface area (Å²) in [4.78, 5) is 18.3. The summed E-state index contributed by atoms with van der Waals surface area (Å²) in [5.41, 5.74) is 1.82. The van der Waals surface area contributed by atoms with Crippen LogP contribution in [-0.4, -0.2) is 34.2 Å². The predicted octanol–water partition coefficient (Wildman–Crippen LogP) is 4.23. The third kappa shape index (κ3) is 6.64. The first kappa shape index (κ1) is 20.4.